The molecule has 2 aliphatic heterocycles. The highest BCUT2D eigenvalue weighted by Gasteiger charge is 2.40. The molecular weight excluding hydrogens is 417 g/mol. The number of benzene rings is 1. The van der Waals surface area contributed by atoms with E-state index in [1.165, 1.54) is 12.1 Å². The van der Waals surface area contributed by atoms with Crippen molar-refractivity contribution in [2.45, 2.75) is 24.5 Å². The average Bonchev–Trinajstić information content (AvgIpc) is 3.38. The van der Waals surface area contributed by atoms with Gasteiger partial charge >= 0.3 is 0 Å². The van der Waals surface area contributed by atoms with E-state index in [1.54, 1.807) is 22.6 Å². The molecule has 2 saturated heterocycles. The molecule has 0 bridgehead atoms. The lowest BCUT2D eigenvalue weighted by Crippen LogP contribution is -2.31. The van der Waals surface area contributed by atoms with Gasteiger partial charge in [0.25, 0.3) is 0 Å². The molecule has 2 atom stereocenters. The molecule has 2 aliphatic rings. The Balaban J connectivity index is 1.57. The summed E-state index contributed by atoms with van der Waals surface area (Å²) in [6, 6.07) is 7.72. The summed E-state index contributed by atoms with van der Waals surface area (Å²) < 4.78 is 41.4. The van der Waals surface area contributed by atoms with Gasteiger partial charge in [-0.15, -0.1) is 0 Å². The lowest BCUT2D eigenvalue weighted by Gasteiger charge is -2.22. The number of aromatic nitrogens is 2. The van der Waals surface area contributed by atoms with Gasteiger partial charge in [-0.2, -0.15) is 0 Å². The van der Waals surface area contributed by atoms with Gasteiger partial charge in [-0.3, -0.25) is 0 Å². The van der Waals surface area contributed by atoms with E-state index in [-0.39, 0.29) is 17.6 Å². The van der Waals surface area contributed by atoms with Gasteiger partial charge in [0.15, 0.2) is 0 Å². The minimum Gasteiger partial charge on any atom is -0.341 e. The predicted octanol–water partition coefficient (Wildman–Crippen LogP) is 2.32. The molecule has 9 heteroatoms. The first-order valence-electron chi connectivity index (χ1n) is 10.8. The van der Waals surface area contributed by atoms with Crippen molar-refractivity contribution in [2.24, 2.45) is 5.92 Å². The predicted molar refractivity (Wildman–Crippen MR) is 119 cm³/mol. The van der Waals surface area contributed by atoms with Crippen LogP contribution in [-0.4, -0.2) is 74.4 Å². The van der Waals surface area contributed by atoms with E-state index in [9.17, 15) is 12.8 Å². The first-order valence-corrected chi connectivity index (χ1v) is 12.4. The largest absolute Gasteiger partial charge is 0.341 e. The van der Waals surface area contributed by atoms with Crippen molar-refractivity contribution in [1.29, 1.82) is 0 Å². The van der Waals surface area contributed by atoms with Crippen LogP contribution in [0.5, 0.6) is 0 Å². The molecule has 0 amide bonds. The van der Waals surface area contributed by atoms with Crippen LogP contribution in [0, 0.1) is 11.7 Å². The van der Waals surface area contributed by atoms with Crippen LogP contribution >= 0.6 is 0 Å². The molecule has 0 spiro atoms. The monoisotopic (exact) mass is 447 g/mol. The van der Waals surface area contributed by atoms with Crippen molar-refractivity contribution < 1.29 is 12.8 Å². The molecule has 0 unspecified atom stereocenters. The normalized spacial score (nSPS) is 22.5. The van der Waals surface area contributed by atoms with Gasteiger partial charge in [-0.25, -0.2) is 27.1 Å². The van der Waals surface area contributed by atoms with Crippen LogP contribution in [-0.2, 0) is 15.8 Å². The third kappa shape index (κ3) is 5.22. The fraction of sp³-hybridized carbons (Fsp3) is 0.545. The van der Waals surface area contributed by atoms with Crippen LogP contribution in [0.4, 0.5) is 10.3 Å². The summed E-state index contributed by atoms with van der Waals surface area (Å²) in [4.78, 5) is 13.6. The molecule has 31 heavy (non-hydrogen) atoms. The van der Waals surface area contributed by atoms with Gasteiger partial charge in [0, 0.05) is 44.8 Å². The van der Waals surface area contributed by atoms with Crippen LogP contribution in [0.3, 0.4) is 0 Å². The van der Waals surface area contributed by atoms with Gasteiger partial charge in [0.05, 0.1) is 11.4 Å². The van der Waals surface area contributed by atoms with E-state index < -0.39 is 15.8 Å². The third-order valence-corrected chi connectivity index (χ3v) is 7.85. The Bertz CT molecular complexity index is 1010. The number of halogens is 1. The van der Waals surface area contributed by atoms with Gasteiger partial charge in [-0.05, 0) is 56.6 Å². The number of hydrogen-bond acceptors (Lipinski definition) is 6. The van der Waals surface area contributed by atoms with E-state index in [0.717, 1.165) is 44.1 Å². The van der Waals surface area contributed by atoms with Crippen molar-refractivity contribution in [3.05, 3.63) is 53.6 Å². The average molecular weight is 448 g/mol. The van der Waals surface area contributed by atoms with Crippen LogP contribution in [0.2, 0.25) is 0 Å². The summed E-state index contributed by atoms with van der Waals surface area (Å²) in [6.07, 6.45) is 4.07. The Morgan fingerprint density at radius 2 is 1.94 bits per heavy atom. The molecule has 4 rings (SSSR count). The molecule has 0 N–H and O–H groups in total. The topological polar surface area (TPSA) is 69.6 Å². The van der Waals surface area contributed by atoms with Crippen LogP contribution in [0.1, 0.15) is 30.0 Å². The molecule has 2 aromatic rings. The molecule has 7 nitrogen and oxygen atoms in total. The molecule has 0 radical (unpaired) electrons. The summed E-state index contributed by atoms with van der Waals surface area (Å²) in [7, 11) is 0.422. The zero-order valence-electron chi connectivity index (χ0n) is 18.1. The van der Waals surface area contributed by atoms with E-state index in [2.05, 4.69) is 14.8 Å². The highest BCUT2D eigenvalue weighted by atomic mass is 32.2. The smallest absolute Gasteiger partial charge is 0.225 e. The minimum absolute atomic E-state index is 0.00552. The van der Waals surface area contributed by atoms with Gasteiger partial charge < -0.3 is 9.80 Å². The lowest BCUT2D eigenvalue weighted by atomic mass is 9.92. The molecule has 168 valence electrons. The van der Waals surface area contributed by atoms with Crippen molar-refractivity contribution in [3.63, 3.8) is 0 Å². The Morgan fingerprint density at radius 1 is 1.16 bits per heavy atom. The second kappa shape index (κ2) is 9.18. The van der Waals surface area contributed by atoms with E-state index >= 15 is 0 Å². The Labute approximate surface area is 184 Å². The maximum atomic E-state index is 13.5. The summed E-state index contributed by atoms with van der Waals surface area (Å²) >= 11 is 0. The molecular formula is C22H30FN5O2S. The first kappa shape index (κ1) is 22.1. The SMILES string of the molecule is CN(C)C[C@@H]1CN(S(=O)(=O)Cc2cccc(F)c2)C[C@H]1c1ccnc(N2CCCC2)n1. The zero-order valence-corrected chi connectivity index (χ0v) is 18.9. The second-order valence-corrected chi connectivity index (χ2v) is 10.8. The standard InChI is InChI=1S/C22H30FN5O2S/c1-26(2)13-18-14-28(31(29,30)16-17-6-5-7-19(23)12-17)15-20(18)21-8-9-24-22(25-21)27-10-3-4-11-27/h5-9,12,18,20H,3-4,10-11,13-16H2,1-2H3/t18-,20-/m1/s1. The molecule has 0 aliphatic carbocycles. The maximum Gasteiger partial charge on any atom is 0.225 e. The Kier molecular flexibility index (Phi) is 6.55. The van der Waals surface area contributed by atoms with Crippen molar-refractivity contribution in [1.82, 2.24) is 19.2 Å². The van der Waals surface area contributed by atoms with Gasteiger partial charge in [0.2, 0.25) is 16.0 Å². The number of hydrogen-bond donors (Lipinski definition) is 0. The van der Waals surface area contributed by atoms with Gasteiger partial charge in [0.1, 0.15) is 5.82 Å². The summed E-state index contributed by atoms with van der Waals surface area (Å²) in [6.45, 7) is 3.50. The number of sulfonamides is 1. The number of anilines is 1. The minimum atomic E-state index is -3.57. The third-order valence-electron chi connectivity index (χ3n) is 6.07. The molecule has 1 aromatic heterocycles. The molecule has 1 aromatic carbocycles. The molecule has 0 saturated carbocycles. The Morgan fingerprint density at radius 3 is 2.65 bits per heavy atom. The summed E-state index contributed by atoms with van der Waals surface area (Å²) in [5.41, 5.74) is 1.36. The summed E-state index contributed by atoms with van der Waals surface area (Å²) in [5, 5.41) is 0. The van der Waals surface area contributed by atoms with Crippen LogP contribution in [0.15, 0.2) is 36.5 Å². The van der Waals surface area contributed by atoms with Crippen LogP contribution < -0.4 is 4.90 Å². The fourth-order valence-electron chi connectivity index (χ4n) is 4.61. The van der Waals surface area contributed by atoms with E-state index in [4.69, 9.17) is 4.98 Å². The van der Waals surface area contributed by atoms with E-state index in [0.29, 0.717) is 18.7 Å². The number of nitrogens with zero attached hydrogens (tertiary/aromatic N) is 5. The van der Waals surface area contributed by atoms with Gasteiger partial charge in [-0.1, -0.05) is 12.1 Å². The van der Waals surface area contributed by atoms with Crippen LogP contribution in [0.25, 0.3) is 0 Å². The molecule has 2 fully saturated rings. The second-order valence-electron chi connectivity index (χ2n) is 8.81. The van der Waals surface area contributed by atoms with Crippen molar-refractivity contribution in [3.8, 4) is 0 Å². The van der Waals surface area contributed by atoms with Crippen molar-refractivity contribution in [2.75, 3.05) is 51.7 Å². The Hall–Kier alpha value is -2.10. The van der Waals surface area contributed by atoms with E-state index in [1.807, 2.05) is 20.2 Å². The summed E-state index contributed by atoms with van der Waals surface area (Å²) in [5.74, 6) is 0.231. The fourth-order valence-corrected chi connectivity index (χ4v) is 6.20. The quantitative estimate of drug-likeness (QED) is 0.649. The van der Waals surface area contributed by atoms with Crippen molar-refractivity contribution >= 4 is 16.0 Å². The maximum absolute atomic E-state index is 13.5. The highest BCUT2D eigenvalue weighted by molar-refractivity contribution is 7.88. The highest BCUT2D eigenvalue weighted by Crippen LogP contribution is 2.35. The lowest BCUT2D eigenvalue weighted by molar-refractivity contribution is 0.315. The molecule has 3 heterocycles. The number of rotatable bonds is 7. The zero-order chi connectivity index (χ0) is 22.0. The first-order chi connectivity index (χ1) is 14.8.